The molecule has 0 saturated carbocycles. The number of halogens is 1. The number of hydrogen-bond acceptors (Lipinski definition) is 6. The van der Waals surface area contributed by atoms with Gasteiger partial charge in [-0.2, -0.15) is 0 Å². The standard InChI is InChI=1S/C27H25FN6O/c1-2-24(35)32-21-5-3-4-17(14-21)25-23(28)11-6-18-15-30-27(34-26(18)25)33-20-9-7-19(8-10-20)31-22-12-13-29-16-22/h2-11,14-15,22,29,31H,1,12-13,16H2,(H,32,35)(H,30,33,34)/t22-/m1/s1. The predicted molar refractivity (Wildman–Crippen MR) is 138 cm³/mol. The van der Waals surface area contributed by atoms with E-state index in [1.165, 1.54) is 12.1 Å². The van der Waals surface area contributed by atoms with Crippen LogP contribution in [0.15, 0.2) is 79.5 Å². The lowest BCUT2D eigenvalue weighted by molar-refractivity contribution is -0.111. The quantitative estimate of drug-likeness (QED) is 0.283. The van der Waals surface area contributed by atoms with Crippen molar-refractivity contribution in [3.05, 3.63) is 85.3 Å². The molecule has 1 amide bonds. The SMILES string of the molecule is C=CC(=O)Nc1cccc(-c2c(F)ccc3cnc(Nc4ccc(N[C@@H]5CCNC5)cc4)nc23)c1. The van der Waals surface area contributed by atoms with E-state index in [0.717, 1.165) is 30.9 Å². The third-order valence-corrected chi connectivity index (χ3v) is 5.88. The van der Waals surface area contributed by atoms with E-state index >= 15 is 4.39 Å². The van der Waals surface area contributed by atoms with Crippen molar-refractivity contribution in [2.75, 3.05) is 29.0 Å². The van der Waals surface area contributed by atoms with Crippen molar-refractivity contribution in [2.24, 2.45) is 0 Å². The average Bonchev–Trinajstić information content (AvgIpc) is 3.38. The number of nitrogens with one attached hydrogen (secondary N) is 4. The minimum absolute atomic E-state index is 0.338. The van der Waals surface area contributed by atoms with Gasteiger partial charge < -0.3 is 21.3 Å². The molecule has 1 fully saturated rings. The number of hydrogen-bond donors (Lipinski definition) is 4. The van der Waals surface area contributed by atoms with Gasteiger partial charge in [0.1, 0.15) is 5.82 Å². The Kier molecular flexibility index (Phi) is 6.36. The molecule has 0 bridgehead atoms. The molecule has 0 unspecified atom stereocenters. The summed E-state index contributed by atoms with van der Waals surface area (Å²) in [6.45, 7) is 5.46. The fourth-order valence-electron chi connectivity index (χ4n) is 4.15. The normalized spacial score (nSPS) is 15.1. The average molecular weight is 469 g/mol. The molecule has 3 aromatic carbocycles. The molecule has 1 atom stereocenters. The minimum atomic E-state index is -0.411. The fraction of sp³-hybridized carbons (Fsp3) is 0.148. The summed E-state index contributed by atoms with van der Waals surface area (Å²) < 4.78 is 15.0. The second kappa shape index (κ2) is 9.90. The Morgan fingerprint density at radius 1 is 1.09 bits per heavy atom. The third-order valence-electron chi connectivity index (χ3n) is 5.88. The van der Waals surface area contributed by atoms with Gasteiger partial charge in [0, 0.05) is 46.8 Å². The van der Waals surface area contributed by atoms with Crippen LogP contribution in [0.2, 0.25) is 0 Å². The molecule has 1 aliphatic heterocycles. The Morgan fingerprint density at radius 2 is 1.91 bits per heavy atom. The highest BCUT2D eigenvalue weighted by molar-refractivity contribution is 6.00. The van der Waals surface area contributed by atoms with E-state index in [1.54, 1.807) is 36.5 Å². The van der Waals surface area contributed by atoms with Crippen molar-refractivity contribution < 1.29 is 9.18 Å². The van der Waals surface area contributed by atoms with E-state index in [4.69, 9.17) is 0 Å². The summed E-state index contributed by atoms with van der Waals surface area (Å²) in [5.41, 5.74) is 3.83. The first kappa shape index (κ1) is 22.5. The zero-order valence-electron chi connectivity index (χ0n) is 19.0. The molecule has 2 heterocycles. The monoisotopic (exact) mass is 468 g/mol. The number of amides is 1. The van der Waals surface area contributed by atoms with Gasteiger partial charge in [-0.1, -0.05) is 18.7 Å². The molecule has 8 heteroatoms. The van der Waals surface area contributed by atoms with Gasteiger partial charge in [-0.25, -0.2) is 14.4 Å². The van der Waals surface area contributed by atoms with Gasteiger partial charge in [-0.05, 0) is 73.1 Å². The molecule has 0 aliphatic carbocycles. The lowest BCUT2D eigenvalue weighted by Gasteiger charge is -2.14. The Bertz CT molecular complexity index is 1380. The first-order valence-electron chi connectivity index (χ1n) is 11.4. The number of nitrogens with zero attached hydrogens (tertiary/aromatic N) is 2. The molecule has 1 aliphatic rings. The zero-order valence-corrected chi connectivity index (χ0v) is 19.0. The summed E-state index contributed by atoms with van der Waals surface area (Å²) in [6.07, 6.45) is 3.96. The van der Waals surface area contributed by atoms with Crippen LogP contribution < -0.4 is 21.3 Å². The number of rotatable bonds is 7. The molecule has 4 aromatic rings. The fourth-order valence-corrected chi connectivity index (χ4v) is 4.15. The number of fused-ring (bicyclic) bond motifs is 1. The van der Waals surface area contributed by atoms with Gasteiger partial charge in [0.25, 0.3) is 0 Å². The smallest absolute Gasteiger partial charge is 0.247 e. The summed E-state index contributed by atoms with van der Waals surface area (Å²) in [4.78, 5) is 20.7. The molecule has 7 nitrogen and oxygen atoms in total. The highest BCUT2D eigenvalue weighted by Crippen LogP contribution is 2.32. The van der Waals surface area contributed by atoms with Gasteiger partial charge in [0.05, 0.1) is 5.52 Å². The van der Waals surface area contributed by atoms with Crippen molar-refractivity contribution in [3.63, 3.8) is 0 Å². The van der Waals surface area contributed by atoms with Crippen LogP contribution in [0.5, 0.6) is 0 Å². The Balaban J connectivity index is 1.43. The molecule has 0 radical (unpaired) electrons. The lowest BCUT2D eigenvalue weighted by atomic mass is 10.0. The number of carbonyl (C=O) groups excluding carboxylic acids is 1. The maximum absolute atomic E-state index is 15.0. The summed E-state index contributed by atoms with van der Waals surface area (Å²) in [7, 11) is 0. The third kappa shape index (κ3) is 5.12. The van der Waals surface area contributed by atoms with Crippen LogP contribution in [-0.4, -0.2) is 35.0 Å². The van der Waals surface area contributed by atoms with E-state index < -0.39 is 5.82 Å². The maximum Gasteiger partial charge on any atom is 0.247 e. The van der Waals surface area contributed by atoms with E-state index in [1.807, 2.05) is 24.3 Å². The number of anilines is 4. The van der Waals surface area contributed by atoms with Crippen LogP contribution in [0.25, 0.3) is 22.0 Å². The Hall–Kier alpha value is -4.30. The highest BCUT2D eigenvalue weighted by Gasteiger charge is 2.15. The van der Waals surface area contributed by atoms with Gasteiger partial charge in [-0.3, -0.25) is 4.79 Å². The van der Waals surface area contributed by atoms with Crippen LogP contribution in [0.3, 0.4) is 0 Å². The molecule has 1 aromatic heterocycles. The zero-order chi connectivity index (χ0) is 24.2. The second-order valence-electron chi connectivity index (χ2n) is 8.36. The van der Waals surface area contributed by atoms with Crippen molar-refractivity contribution in [1.82, 2.24) is 15.3 Å². The van der Waals surface area contributed by atoms with E-state index in [2.05, 4.69) is 37.8 Å². The summed E-state index contributed by atoms with van der Waals surface area (Å²) in [5, 5.41) is 13.5. The van der Waals surface area contributed by atoms with Crippen LogP contribution >= 0.6 is 0 Å². The predicted octanol–water partition coefficient (Wildman–Crippen LogP) is 5.08. The molecule has 0 spiro atoms. The molecule has 1 saturated heterocycles. The molecular weight excluding hydrogens is 443 g/mol. The van der Waals surface area contributed by atoms with E-state index in [0.29, 0.717) is 39.7 Å². The van der Waals surface area contributed by atoms with E-state index in [9.17, 15) is 4.79 Å². The van der Waals surface area contributed by atoms with Gasteiger partial charge in [0.2, 0.25) is 11.9 Å². The van der Waals surface area contributed by atoms with Crippen molar-refractivity contribution >= 4 is 39.8 Å². The van der Waals surface area contributed by atoms with Crippen molar-refractivity contribution in [2.45, 2.75) is 12.5 Å². The highest BCUT2D eigenvalue weighted by atomic mass is 19.1. The number of aromatic nitrogens is 2. The lowest BCUT2D eigenvalue weighted by Crippen LogP contribution is -2.21. The first-order chi connectivity index (χ1) is 17.1. The molecule has 4 N–H and O–H groups in total. The second-order valence-corrected chi connectivity index (χ2v) is 8.36. The van der Waals surface area contributed by atoms with Crippen LogP contribution in [-0.2, 0) is 4.79 Å². The molecule has 35 heavy (non-hydrogen) atoms. The summed E-state index contributed by atoms with van der Waals surface area (Å²) >= 11 is 0. The van der Waals surface area contributed by atoms with Crippen LogP contribution in [0.1, 0.15) is 6.42 Å². The first-order valence-corrected chi connectivity index (χ1v) is 11.4. The van der Waals surface area contributed by atoms with Gasteiger partial charge >= 0.3 is 0 Å². The van der Waals surface area contributed by atoms with Crippen LogP contribution in [0, 0.1) is 5.82 Å². The Labute approximate surface area is 202 Å². The molecule has 176 valence electrons. The number of carbonyl (C=O) groups is 1. The largest absolute Gasteiger partial charge is 0.381 e. The maximum atomic E-state index is 15.0. The van der Waals surface area contributed by atoms with Crippen LogP contribution in [0.4, 0.5) is 27.4 Å². The minimum Gasteiger partial charge on any atom is -0.381 e. The molecular formula is C27H25FN6O. The summed E-state index contributed by atoms with van der Waals surface area (Å²) in [6, 6.07) is 18.4. The Morgan fingerprint density at radius 3 is 2.69 bits per heavy atom. The summed E-state index contributed by atoms with van der Waals surface area (Å²) in [5.74, 6) is -0.386. The van der Waals surface area contributed by atoms with Gasteiger partial charge in [-0.15, -0.1) is 0 Å². The van der Waals surface area contributed by atoms with E-state index in [-0.39, 0.29) is 5.91 Å². The van der Waals surface area contributed by atoms with Crippen molar-refractivity contribution in [3.8, 4) is 11.1 Å². The van der Waals surface area contributed by atoms with Crippen molar-refractivity contribution in [1.29, 1.82) is 0 Å². The number of benzene rings is 3. The molecule has 5 rings (SSSR count). The van der Waals surface area contributed by atoms with Gasteiger partial charge in [0.15, 0.2) is 0 Å². The topological polar surface area (TPSA) is 91.0 Å².